The van der Waals surface area contributed by atoms with Crippen molar-refractivity contribution in [1.29, 1.82) is 0 Å². The number of para-hydroxylation sites is 2. The molecule has 2 N–H and O–H groups in total. The van der Waals surface area contributed by atoms with E-state index in [0.29, 0.717) is 13.1 Å². The molecule has 174 valence electrons. The number of benzene rings is 2. The van der Waals surface area contributed by atoms with Crippen LogP contribution < -0.4 is 0 Å². The van der Waals surface area contributed by atoms with Gasteiger partial charge in [-0.05, 0) is 29.7 Å². The van der Waals surface area contributed by atoms with Crippen LogP contribution in [0.2, 0.25) is 0 Å². The van der Waals surface area contributed by atoms with E-state index in [-0.39, 0.29) is 36.6 Å². The van der Waals surface area contributed by atoms with Gasteiger partial charge in [-0.15, -0.1) is 12.4 Å². The van der Waals surface area contributed by atoms with Crippen molar-refractivity contribution in [2.24, 2.45) is 0 Å². The van der Waals surface area contributed by atoms with Crippen LogP contribution in [0.5, 0.6) is 0 Å². The number of amides is 2. The van der Waals surface area contributed by atoms with E-state index >= 15 is 0 Å². The van der Waals surface area contributed by atoms with E-state index < -0.39 is 0 Å². The van der Waals surface area contributed by atoms with E-state index in [0.717, 1.165) is 41.5 Å². The number of imide groups is 1. The fourth-order valence-electron chi connectivity index (χ4n) is 5.28. The van der Waals surface area contributed by atoms with Crippen molar-refractivity contribution in [1.82, 2.24) is 19.8 Å². The Kier molecular flexibility index (Phi) is 6.02. The van der Waals surface area contributed by atoms with Gasteiger partial charge in [-0.3, -0.25) is 19.4 Å². The molecule has 6 rings (SSSR count). The SMILES string of the molecule is Cl.O=C1CC(c2c[nH]c3ccccc23)C(=O)N1CCN1CC=C(c2c[nH]c3ccccc23)CC1. The van der Waals surface area contributed by atoms with E-state index in [1.165, 1.54) is 21.4 Å². The van der Waals surface area contributed by atoms with Crippen molar-refractivity contribution in [3.05, 3.63) is 78.1 Å². The molecule has 1 atom stereocenters. The Hall–Kier alpha value is -3.35. The lowest BCUT2D eigenvalue weighted by Crippen LogP contribution is -2.39. The minimum Gasteiger partial charge on any atom is -0.361 e. The molecule has 4 heterocycles. The number of fused-ring (bicyclic) bond motifs is 2. The average molecular weight is 475 g/mol. The van der Waals surface area contributed by atoms with Crippen LogP contribution in [-0.4, -0.2) is 57.8 Å². The third-order valence-corrected chi connectivity index (χ3v) is 7.11. The van der Waals surface area contributed by atoms with Crippen LogP contribution in [0.3, 0.4) is 0 Å². The van der Waals surface area contributed by atoms with Crippen molar-refractivity contribution >= 4 is 51.6 Å². The predicted molar refractivity (Wildman–Crippen MR) is 137 cm³/mol. The Balaban J connectivity index is 0.00000241. The van der Waals surface area contributed by atoms with Crippen molar-refractivity contribution < 1.29 is 9.59 Å². The van der Waals surface area contributed by atoms with Gasteiger partial charge in [0.15, 0.2) is 0 Å². The summed E-state index contributed by atoms with van der Waals surface area (Å²) in [6, 6.07) is 16.3. The summed E-state index contributed by atoms with van der Waals surface area (Å²) in [4.78, 5) is 36.2. The third-order valence-electron chi connectivity index (χ3n) is 7.11. The number of likely N-dealkylation sites (tertiary alicyclic amines) is 1. The van der Waals surface area contributed by atoms with Crippen molar-refractivity contribution in [3.63, 3.8) is 0 Å². The van der Waals surface area contributed by atoms with E-state index in [9.17, 15) is 9.59 Å². The Bertz CT molecular complexity index is 1400. The molecule has 2 aromatic carbocycles. The van der Waals surface area contributed by atoms with Crippen molar-refractivity contribution in [2.45, 2.75) is 18.8 Å². The molecule has 2 aromatic heterocycles. The number of hydrogen-bond acceptors (Lipinski definition) is 3. The fraction of sp³-hybridized carbons (Fsp3) is 0.259. The van der Waals surface area contributed by atoms with E-state index in [1.807, 2.05) is 36.5 Å². The second-order valence-electron chi connectivity index (χ2n) is 8.96. The molecule has 1 saturated heterocycles. The second kappa shape index (κ2) is 9.12. The van der Waals surface area contributed by atoms with Crippen molar-refractivity contribution in [3.8, 4) is 0 Å². The van der Waals surface area contributed by atoms with Crippen LogP contribution in [-0.2, 0) is 9.59 Å². The lowest BCUT2D eigenvalue weighted by Gasteiger charge is -2.28. The zero-order valence-electron chi connectivity index (χ0n) is 18.8. The van der Waals surface area contributed by atoms with Crippen LogP contribution in [0.1, 0.15) is 29.9 Å². The topological polar surface area (TPSA) is 72.2 Å². The average Bonchev–Trinajstić information content (AvgIpc) is 3.54. The van der Waals surface area contributed by atoms with Crippen LogP contribution in [0.4, 0.5) is 0 Å². The maximum atomic E-state index is 13.1. The molecule has 6 nitrogen and oxygen atoms in total. The summed E-state index contributed by atoms with van der Waals surface area (Å²) in [7, 11) is 0. The van der Waals surface area contributed by atoms with Crippen LogP contribution in [0, 0.1) is 0 Å². The molecule has 0 spiro atoms. The third kappa shape index (κ3) is 3.83. The fourth-order valence-corrected chi connectivity index (χ4v) is 5.28. The summed E-state index contributed by atoms with van der Waals surface area (Å²) in [5.41, 5.74) is 5.72. The van der Waals surface area contributed by atoms with Gasteiger partial charge >= 0.3 is 0 Å². The minimum atomic E-state index is -0.386. The Morgan fingerprint density at radius 3 is 2.35 bits per heavy atom. The molecule has 2 aliphatic rings. The van der Waals surface area contributed by atoms with Gasteiger partial charge in [-0.2, -0.15) is 0 Å². The summed E-state index contributed by atoms with van der Waals surface area (Å²) >= 11 is 0. The predicted octanol–water partition coefficient (Wildman–Crippen LogP) is 4.70. The molecule has 1 fully saturated rings. The number of nitrogens with one attached hydrogen (secondary N) is 2. The first-order valence-corrected chi connectivity index (χ1v) is 11.6. The molecular formula is C27H27ClN4O2. The Morgan fingerprint density at radius 2 is 1.59 bits per heavy atom. The quantitative estimate of drug-likeness (QED) is 0.412. The van der Waals surface area contributed by atoms with Gasteiger partial charge in [0.25, 0.3) is 0 Å². The molecule has 2 amide bonds. The Morgan fingerprint density at radius 1 is 0.882 bits per heavy atom. The van der Waals surface area contributed by atoms with Gasteiger partial charge < -0.3 is 9.97 Å². The Labute approximate surface area is 204 Å². The van der Waals surface area contributed by atoms with Gasteiger partial charge in [0.05, 0.1) is 5.92 Å². The maximum Gasteiger partial charge on any atom is 0.237 e. The molecular weight excluding hydrogens is 448 g/mol. The zero-order valence-corrected chi connectivity index (χ0v) is 19.6. The normalized spacial score (nSPS) is 19.1. The monoisotopic (exact) mass is 474 g/mol. The molecule has 2 aliphatic heterocycles. The molecule has 0 saturated carbocycles. The highest BCUT2D eigenvalue weighted by Gasteiger charge is 2.40. The molecule has 1 unspecified atom stereocenters. The maximum absolute atomic E-state index is 13.1. The molecule has 0 radical (unpaired) electrons. The van der Waals surface area contributed by atoms with Gasteiger partial charge in [0, 0.05) is 72.4 Å². The lowest BCUT2D eigenvalue weighted by atomic mass is 9.97. The highest BCUT2D eigenvalue weighted by molar-refractivity contribution is 6.08. The number of aromatic amines is 2. The first-order valence-electron chi connectivity index (χ1n) is 11.6. The minimum absolute atomic E-state index is 0. The van der Waals surface area contributed by atoms with Gasteiger partial charge in [-0.1, -0.05) is 42.5 Å². The number of nitrogens with zero attached hydrogens (tertiary/aromatic N) is 2. The first kappa shape index (κ1) is 22.4. The van der Waals surface area contributed by atoms with Crippen LogP contribution in [0.15, 0.2) is 67.0 Å². The van der Waals surface area contributed by atoms with E-state index in [1.54, 1.807) is 0 Å². The number of H-pyrrole nitrogens is 2. The zero-order chi connectivity index (χ0) is 22.4. The van der Waals surface area contributed by atoms with Gasteiger partial charge in [0.2, 0.25) is 11.8 Å². The second-order valence-corrected chi connectivity index (χ2v) is 8.96. The van der Waals surface area contributed by atoms with Crippen molar-refractivity contribution in [2.75, 3.05) is 26.2 Å². The molecule has 0 aliphatic carbocycles. The molecule has 4 aromatic rings. The number of halogens is 1. The summed E-state index contributed by atoms with van der Waals surface area (Å²) in [6.07, 6.45) is 7.47. The number of carbonyl (C=O) groups is 2. The number of hydrogen-bond donors (Lipinski definition) is 2. The highest BCUT2D eigenvalue weighted by Crippen LogP contribution is 2.34. The summed E-state index contributed by atoms with van der Waals surface area (Å²) in [5, 5.41) is 2.28. The largest absolute Gasteiger partial charge is 0.361 e. The number of carbonyl (C=O) groups excluding carboxylic acids is 2. The number of rotatable bonds is 5. The van der Waals surface area contributed by atoms with Gasteiger partial charge in [-0.25, -0.2) is 0 Å². The standard InChI is InChI=1S/C27H26N4O2.ClH/c32-26-15-21(23-17-29-25-8-4-2-6-20(23)25)27(33)31(26)14-13-30-11-9-18(10-12-30)22-16-28-24-7-3-1-5-19(22)24;/h1-9,16-17,21,28-29H,10-15H2;1H. The smallest absolute Gasteiger partial charge is 0.237 e. The lowest BCUT2D eigenvalue weighted by molar-refractivity contribution is -0.138. The summed E-state index contributed by atoms with van der Waals surface area (Å²) in [6.45, 7) is 2.91. The summed E-state index contributed by atoms with van der Waals surface area (Å²) in [5.74, 6) is -0.525. The summed E-state index contributed by atoms with van der Waals surface area (Å²) < 4.78 is 0. The van der Waals surface area contributed by atoms with Gasteiger partial charge in [0.1, 0.15) is 0 Å². The molecule has 0 bridgehead atoms. The van der Waals surface area contributed by atoms with Crippen LogP contribution >= 0.6 is 12.4 Å². The highest BCUT2D eigenvalue weighted by atomic mass is 35.5. The molecule has 7 heteroatoms. The van der Waals surface area contributed by atoms with Crippen LogP contribution in [0.25, 0.3) is 27.4 Å². The molecule has 34 heavy (non-hydrogen) atoms. The van der Waals surface area contributed by atoms with E-state index in [4.69, 9.17) is 0 Å². The van der Waals surface area contributed by atoms with E-state index in [2.05, 4.69) is 45.3 Å². The first-order chi connectivity index (χ1) is 16.2. The number of aromatic nitrogens is 2.